The normalized spacial score (nSPS) is 9.75. The third-order valence-corrected chi connectivity index (χ3v) is 2.74. The lowest BCUT2D eigenvalue weighted by molar-refractivity contribution is -0.150. The fourth-order valence-electron chi connectivity index (χ4n) is 1.59. The number of carbonyl (C=O) groups excluding carboxylic acids is 4. The third-order valence-electron chi connectivity index (χ3n) is 2.74. The maximum absolute atomic E-state index is 11.5. The molecule has 8 nitrogen and oxygen atoms in total. The summed E-state index contributed by atoms with van der Waals surface area (Å²) < 4.78 is 14.3. The fourth-order valence-corrected chi connectivity index (χ4v) is 1.59. The van der Waals surface area contributed by atoms with Crippen molar-refractivity contribution in [2.75, 3.05) is 19.8 Å². The first kappa shape index (κ1) is 19.1. The molecule has 0 heterocycles. The number of Topliss-reactive ketones (excluding diaryl/α,β-unsaturated/α-hetero) is 1. The Morgan fingerprint density at radius 2 is 1.62 bits per heavy atom. The number of amides is 2. The smallest absolute Gasteiger partial charge is 0.413 e. The minimum Gasteiger partial charge on any atom is -0.482 e. The molecule has 0 atom stereocenters. The molecule has 1 N–H and O–H groups in total. The van der Waals surface area contributed by atoms with Crippen LogP contribution >= 0.6 is 0 Å². The Labute approximate surface area is 139 Å². The quantitative estimate of drug-likeness (QED) is 0.565. The predicted octanol–water partition coefficient (Wildman–Crippen LogP) is 1.47. The van der Waals surface area contributed by atoms with E-state index in [2.05, 4.69) is 9.47 Å². The summed E-state index contributed by atoms with van der Waals surface area (Å²) in [7, 11) is 0. The zero-order valence-electron chi connectivity index (χ0n) is 13.5. The van der Waals surface area contributed by atoms with Gasteiger partial charge in [0.15, 0.2) is 19.0 Å². The van der Waals surface area contributed by atoms with E-state index in [0.29, 0.717) is 17.7 Å². The van der Waals surface area contributed by atoms with Gasteiger partial charge in [-0.15, -0.1) is 0 Å². The van der Waals surface area contributed by atoms with Crippen molar-refractivity contribution in [1.29, 1.82) is 0 Å². The van der Waals surface area contributed by atoms with E-state index < -0.39 is 31.2 Å². The lowest BCUT2D eigenvalue weighted by Crippen LogP contribution is -2.35. The average Bonchev–Trinajstić information content (AvgIpc) is 2.58. The van der Waals surface area contributed by atoms with Gasteiger partial charge in [-0.2, -0.15) is 0 Å². The molecule has 0 saturated heterocycles. The number of alkyl carbamates (subject to hydrolysis) is 1. The summed E-state index contributed by atoms with van der Waals surface area (Å²) in [5.41, 5.74) is 0.558. The highest BCUT2D eigenvalue weighted by atomic mass is 16.6. The van der Waals surface area contributed by atoms with Crippen LogP contribution in [0.1, 0.15) is 30.6 Å². The van der Waals surface area contributed by atoms with Crippen molar-refractivity contribution in [2.45, 2.75) is 20.3 Å². The van der Waals surface area contributed by atoms with Gasteiger partial charge in [-0.25, -0.2) is 9.59 Å². The van der Waals surface area contributed by atoms with Gasteiger partial charge in [0.2, 0.25) is 0 Å². The van der Waals surface area contributed by atoms with E-state index in [1.807, 2.05) is 5.32 Å². The minimum atomic E-state index is -0.906. The number of esters is 1. The Bertz CT molecular complexity index is 595. The van der Waals surface area contributed by atoms with Crippen molar-refractivity contribution in [3.05, 3.63) is 29.8 Å². The van der Waals surface area contributed by atoms with E-state index in [1.54, 1.807) is 38.1 Å². The molecule has 0 aliphatic carbocycles. The Hall–Kier alpha value is -2.90. The molecule has 0 saturated carbocycles. The Kier molecular flexibility index (Phi) is 7.97. The molecule has 1 rings (SSSR count). The second-order valence-electron chi connectivity index (χ2n) is 4.52. The molecule has 0 aliphatic heterocycles. The molecule has 0 aliphatic rings. The lowest BCUT2D eigenvalue weighted by Gasteiger charge is -2.08. The molecule has 0 spiro atoms. The first-order chi connectivity index (χ1) is 11.5. The van der Waals surface area contributed by atoms with Crippen LogP contribution in [0.15, 0.2) is 24.3 Å². The number of ketones is 1. The van der Waals surface area contributed by atoms with Gasteiger partial charge in [0.25, 0.3) is 5.91 Å². The molecule has 0 aromatic heterocycles. The van der Waals surface area contributed by atoms with Gasteiger partial charge in [0, 0.05) is 12.0 Å². The van der Waals surface area contributed by atoms with Gasteiger partial charge in [0.1, 0.15) is 5.75 Å². The number of nitrogens with one attached hydrogen (secondary N) is 1. The standard InChI is InChI=1S/C16H19NO7/c1-3-13(18)11-5-7-12(8-6-11)23-10-15(20)24-9-14(19)17-16(21)22-4-2/h5-8H,3-4,9-10H2,1-2H3,(H,17,19,21). The summed E-state index contributed by atoms with van der Waals surface area (Å²) >= 11 is 0. The van der Waals surface area contributed by atoms with E-state index in [-0.39, 0.29) is 12.4 Å². The van der Waals surface area contributed by atoms with Crippen LogP contribution < -0.4 is 10.1 Å². The monoisotopic (exact) mass is 337 g/mol. The third kappa shape index (κ3) is 6.91. The molecular formula is C16H19NO7. The van der Waals surface area contributed by atoms with Crippen molar-refractivity contribution in [3.8, 4) is 5.75 Å². The van der Waals surface area contributed by atoms with E-state index in [0.717, 1.165) is 0 Å². The molecule has 1 aromatic rings. The molecule has 0 bridgehead atoms. The fraction of sp³-hybridized carbons (Fsp3) is 0.375. The van der Waals surface area contributed by atoms with Crippen molar-refractivity contribution >= 4 is 23.8 Å². The molecule has 0 radical (unpaired) electrons. The number of benzene rings is 1. The van der Waals surface area contributed by atoms with Crippen molar-refractivity contribution in [2.24, 2.45) is 0 Å². The van der Waals surface area contributed by atoms with Crippen LogP contribution in [0.2, 0.25) is 0 Å². The van der Waals surface area contributed by atoms with Gasteiger partial charge in [-0.05, 0) is 31.2 Å². The van der Waals surface area contributed by atoms with Gasteiger partial charge in [-0.1, -0.05) is 6.92 Å². The topological polar surface area (TPSA) is 108 Å². The number of ether oxygens (including phenoxy) is 3. The number of hydrogen-bond acceptors (Lipinski definition) is 7. The Morgan fingerprint density at radius 1 is 0.958 bits per heavy atom. The second kappa shape index (κ2) is 9.98. The number of hydrogen-bond donors (Lipinski definition) is 1. The highest BCUT2D eigenvalue weighted by Gasteiger charge is 2.12. The SMILES string of the molecule is CCOC(=O)NC(=O)COC(=O)COc1ccc(C(=O)CC)cc1. The number of imide groups is 1. The molecule has 2 amide bonds. The summed E-state index contributed by atoms with van der Waals surface area (Å²) in [5.74, 6) is -1.18. The minimum absolute atomic E-state index is 0.00794. The molecule has 1 aromatic carbocycles. The molecular weight excluding hydrogens is 318 g/mol. The van der Waals surface area contributed by atoms with Crippen molar-refractivity contribution in [1.82, 2.24) is 5.32 Å². The highest BCUT2D eigenvalue weighted by molar-refractivity contribution is 5.96. The van der Waals surface area contributed by atoms with Crippen molar-refractivity contribution < 1.29 is 33.4 Å². The zero-order valence-corrected chi connectivity index (χ0v) is 13.5. The van der Waals surface area contributed by atoms with Gasteiger partial charge in [-0.3, -0.25) is 14.9 Å². The molecule has 24 heavy (non-hydrogen) atoms. The van der Waals surface area contributed by atoms with Gasteiger partial charge < -0.3 is 14.2 Å². The lowest BCUT2D eigenvalue weighted by atomic mass is 10.1. The van der Waals surface area contributed by atoms with Crippen LogP contribution in [-0.4, -0.2) is 43.6 Å². The van der Waals surface area contributed by atoms with Crippen LogP contribution in [0.25, 0.3) is 0 Å². The van der Waals surface area contributed by atoms with Crippen LogP contribution in [0.3, 0.4) is 0 Å². The summed E-state index contributed by atoms with van der Waals surface area (Å²) in [6, 6.07) is 6.31. The summed E-state index contributed by atoms with van der Waals surface area (Å²) in [6.45, 7) is 2.45. The van der Waals surface area contributed by atoms with Crippen LogP contribution in [0, 0.1) is 0 Å². The largest absolute Gasteiger partial charge is 0.482 e. The first-order valence-corrected chi connectivity index (χ1v) is 7.34. The van der Waals surface area contributed by atoms with E-state index in [4.69, 9.17) is 4.74 Å². The number of carbonyl (C=O) groups is 4. The summed E-state index contributed by atoms with van der Waals surface area (Å²) in [6.07, 6.45) is -0.503. The van der Waals surface area contributed by atoms with E-state index in [1.165, 1.54) is 0 Å². The van der Waals surface area contributed by atoms with Crippen molar-refractivity contribution in [3.63, 3.8) is 0 Å². The molecule has 0 fully saturated rings. The summed E-state index contributed by atoms with van der Waals surface area (Å²) in [5, 5.41) is 1.88. The molecule has 130 valence electrons. The number of rotatable bonds is 8. The maximum Gasteiger partial charge on any atom is 0.413 e. The first-order valence-electron chi connectivity index (χ1n) is 7.34. The van der Waals surface area contributed by atoms with Gasteiger partial charge >= 0.3 is 12.1 Å². The molecule has 8 heteroatoms. The maximum atomic E-state index is 11.5. The Balaban J connectivity index is 2.32. The molecule has 0 unspecified atom stereocenters. The van der Waals surface area contributed by atoms with Crippen LogP contribution in [0.4, 0.5) is 4.79 Å². The highest BCUT2D eigenvalue weighted by Crippen LogP contribution is 2.13. The van der Waals surface area contributed by atoms with E-state index >= 15 is 0 Å². The summed E-state index contributed by atoms with van der Waals surface area (Å²) in [4.78, 5) is 45.2. The van der Waals surface area contributed by atoms with Gasteiger partial charge in [0.05, 0.1) is 6.61 Å². The Morgan fingerprint density at radius 3 is 2.21 bits per heavy atom. The average molecular weight is 337 g/mol. The van der Waals surface area contributed by atoms with Crippen LogP contribution in [0.5, 0.6) is 5.75 Å². The second-order valence-corrected chi connectivity index (χ2v) is 4.52. The van der Waals surface area contributed by atoms with E-state index in [9.17, 15) is 19.2 Å². The predicted molar refractivity (Wildman–Crippen MR) is 82.7 cm³/mol. The van der Waals surface area contributed by atoms with Crippen LogP contribution in [-0.2, 0) is 19.1 Å². The zero-order chi connectivity index (χ0) is 17.9.